The summed E-state index contributed by atoms with van der Waals surface area (Å²) in [5, 5.41) is 8.61. The first kappa shape index (κ1) is 10.3. The number of hydrogen-bond acceptors (Lipinski definition) is 3. The molecule has 3 unspecified atom stereocenters. The molecule has 2 saturated carbocycles. The molecule has 3 atom stereocenters. The van der Waals surface area contributed by atoms with Gasteiger partial charge in [-0.15, -0.1) is 10.2 Å². The smallest absolute Gasteiger partial charge is 0.146 e. The van der Waals surface area contributed by atoms with Crippen LogP contribution in [0.2, 0.25) is 0 Å². The zero-order chi connectivity index (χ0) is 11.1. The minimum Gasteiger partial charge on any atom is -0.324 e. The second-order valence-corrected chi connectivity index (χ2v) is 5.20. The Kier molecular flexibility index (Phi) is 2.46. The third kappa shape index (κ3) is 1.39. The minimum atomic E-state index is 0.502. The summed E-state index contributed by atoms with van der Waals surface area (Å²) in [6, 6.07) is 0. The Labute approximate surface area is 96.2 Å². The number of nitrogens with zero attached hydrogens (tertiary/aromatic N) is 3. The van der Waals surface area contributed by atoms with Gasteiger partial charge < -0.3 is 10.3 Å². The summed E-state index contributed by atoms with van der Waals surface area (Å²) in [5.41, 5.74) is 5.69. The number of rotatable bonds is 3. The molecule has 0 saturated heterocycles. The van der Waals surface area contributed by atoms with E-state index in [-0.39, 0.29) is 0 Å². The van der Waals surface area contributed by atoms with Gasteiger partial charge in [0.2, 0.25) is 0 Å². The Balaban J connectivity index is 1.91. The van der Waals surface area contributed by atoms with Crippen LogP contribution in [-0.2, 0) is 13.1 Å². The Morgan fingerprint density at radius 3 is 2.75 bits per heavy atom. The van der Waals surface area contributed by atoms with Crippen LogP contribution >= 0.6 is 0 Å². The summed E-state index contributed by atoms with van der Waals surface area (Å²) in [4.78, 5) is 0. The van der Waals surface area contributed by atoms with E-state index in [4.69, 9.17) is 5.73 Å². The average molecular weight is 220 g/mol. The Bertz CT molecular complexity index is 384. The highest BCUT2D eigenvalue weighted by molar-refractivity contribution is 5.09. The third-order valence-electron chi connectivity index (χ3n) is 4.42. The summed E-state index contributed by atoms with van der Waals surface area (Å²) in [7, 11) is 0. The monoisotopic (exact) mass is 220 g/mol. The maximum absolute atomic E-state index is 5.69. The van der Waals surface area contributed by atoms with E-state index >= 15 is 0 Å². The highest BCUT2D eigenvalue weighted by Gasteiger charge is 2.42. The molecular weight excluding hydrogens is 200 g/mol. The fraction of sp³-hybridized carbons (Fsp3) is 0.833. The van der Waals surface area contributed by atoms with Crippen LogP contribution in [0.25, 0.3) is 0 Å². The summed E-state index contributed by atoms with van der Waals surface area (Å²) in [6.07, 6.45) is 5.57. The Morgan fingerprint density at radius 1 is 1.31 bits per heavy atom. The highest BCUT2D eigenvalue weighted by Crippen LogP contribution is 2.52. The van der Waals surface area contributed by atoms with Gasteiger partial charge in [-0.3, -0.25) is 0 Å². The largest absolute Gasteiger partial charge is 0.324 e. The van der Waals surface area contributed by atoms with E-state index in [1.54, 1.807) is 0 Å². The number of aromatic nitrogens is 3. The van der Waals surface area contributed by atoms with E-state index in [9.17, 15) is 0 Å². The first-order valence-corrected chi connectivity index (χ1v) is 6.45. The van der Waals surface area contributed by atoms with Crippen LogP contribution in [0.3, 0.4) is 0 Å². The fourth-order valence-corrected chi connectivity index (χ4v) is 3.68. The predicted molar refractivity (Wildman–Crippen MR) is 61.8 cm³/mol. The summed E-state index contributed by atoms with van der Waals surface area (Å²) >= 11 is 0. The van der Waals surface area contributed by atoms with Crippen LogP contribution in [0, 0.1) is 11.8 Å². The van der Waals surface area contributed by atoms with Crippen LogP contribution in [0.1, 0.15) is 50.2 Å². The zero-order valence-electron chi connectivity index (χ0n) is 9.89. The fourth-order valence-electron chi connectivity index (χ4n) is 3.68. The molecule has 2 aliphatic carbocycles. The molecule has 88 valence electrons. The standard InChI is InChI=1S/C12H20N4/c1-2-16-11(7-13)14-15-12(16)10-6-8-3-4-9(10)5-8/h8-10H,2-7,13H2,1H3. The second-order valence-electron chi connectivity index (χ2n) is 5.20. The number of fused-ring (bicyclic) bond motifs is 2. The molecule has 16 heavy (non-hydrogen) atoms. The van der Waals surface area contributed by atoms with Crippen molar-refractivity contribution in [3.63, 3.8) is 0 Å². The van der Waals surface area contributed by atoms with Gasteiger partial charge in [0.05, 0.1) is 6.54 Å². The highest BCUT2D eigenvalue weighted by atomic mass is 15.3. The van der Waals surface area contributed by atoms with E-state index < -0.39 is 0 Å². The lowest BCUT2D eigenvalue weighted by Gasteiger charge is -2.21. The number of nitrogens with two attached hydrogens (primary N) is 1. The molecule has 2 fully saturated rings. The van der Waals surface area contributed by atoms with Gasteiger partial charge in [-0.1, -0.05) is 6.42 Å². The van der Waals surface area contributed by atoms with Gasteiger partial charge in [0.1, 0.15) is 11.6 Å². The molecule has 4 nitrogen and oxygen atoms in total. The Morgan fingerprint density at radius 2 is 2.19 bits per heavy atom. The molecule has 2 bridgehead atoms. The Hall–Kier alpha value is -0.900. The first-order chi connectivity index (χ1) is 7.83. The van der Waals surface area contributed by atoms with Gasteiger partial charge in [0.15, 0.2) is 0 Å². The van der Waals surface area contributed by atoms with Crippen molar-refractivity contribution in [2.75, 3.05) is 0 Å². The molecule has 0 aliphatic heterocycles. The predicted octanol–water partition coefficient (Wildman–Crippen LogP) is 1.66. The normalized spacial score (nSPS) is 32.5. The van der Waals surface area contributed by atoms with Crippen molar-refractivity contribution in [2.45, 2.75) is 51.6 Å². The van der Waals surface area contributed by atoms with Gasteiger partial charge in [-0.25, -0.2) is 0 Å². The van der Waals surface area contributed by atoms with Crippen LogP contribution in [0.5, 0.6) is 0 Å². The molecule has 1 aromatic heterocycles. The lowest BCUT2D eigenvalue weighted by Crippen LogP contribution is -2.16. The lowest BCUT2D eigenvalue weighted by molar-refractivity contribution is 0.393. The SMILES string of the molecule is CCn1c(CN)nnc1C1CC2CCC1C2. The summed E-state index contributed by atoms with van der Waals surface area (Å²) in [5.74, 6) is 4.63. The van der Waals surface area contributed by atoms with E-state index in [0.29, 0.717) is 12.5 Å². The van der Waals surface area contributed by atoms with Gasteiger partial charge in [-0.05, 0) is 38.0 Å². The van der Waals surface area contributed by atoms with Crippen LogP contribution in [0.15, 0.2) is 0 Å². The van der Waals surface area contributed by atoms with E-state index in [0.717, 1.165) is 24.2 Å². The zero-order valence-corrected chi connectivity index (χ0v) is 9.89. The van der Waals surface area contributed by atoms with Gasteiger partial charge >= 0.3 is 0 Å². The molecule has 4 heteroatoms. The summed E-state index contributed by atoms with van der Waals surface area (Å²) < 4.78 is 2.23. The molecule has 2 aliphatic rings. The van der Waals surface area contributed by atoms with Gasteiger partial charge in [-0.2, -0.15) is 0 Å². The summed E-state index contributed by atoms with van der Waals surface area (Å²) in [6.45, 7) is 3.60. The van der Waals surface area contributed by atoms with Crippen molar-refractivity contribution in [2.24, 2.45) is 17.6 Å². The van der Waals surface area contributed by atoms with Crippen molar-refractivity contribution < 1.29 is 0 Å². The molecule has 2 N–H and O–H groups in total. The molecule has 1 heterocycles. The van der Waals surface area contributed by atoms with Crippen molar-refractivity contribution in [3.05, 3.63) is 11.6 Å². The lowest BCUT2D eigenvalue weighted by atomic mass is 9.88. The van der Waals surface area contributed by atoms with Gasteiger partial charge in [0.25, 0.3) is 0 Å². The molecule has 1 aromatic rings. The quantitative estimate of drug-likeness (QED) is 0.842. The van der Waals surface area contributed by atoms with Crippen molar-refractivity contribution in [3.8, 4) is 0 Å². The van der Waals surface area contributed by atoms with Crippen LogP contribution in [0.4, 0.5) is 0 Å². The molecule has 0 aromatic carbocycles. The maximum atomic E-state index is 5.69. The third-order valence-corrected chi connectivity index (χ3v) is 4.42. The van der Waals surface area contributed by atoms with Crippen molar-refractivity contribution >= 4 is 0 Å². The molecule has 0 spiro atoms. The second kappa shape index (κ2) is 3.84. The number of hydrogen-bond donors (Lipinski definition) is 1. The minimum absolute atomic E-state index is 0.502. The first-order valence-electron chi connectivity index (χ1n) is 6.45. The molecule has 3 rings (SSSR count). The van der Waals surface area contributed by atoms with Crippen LogP contribution in [-0.4, -0.2) is 14.8 Å². The van der Waals surface area contributed by atoms with E-state index in [2.05, 4.69) is 21.7 Å². The van der Waals surface area contributed by atoms with E-state index in [1.807, 2.05) is 0 Å². The topological polar surface area (TPSA) is 56.7 Å². The maximum Gasteiger partial charge on any atom is 0.146 e. The molecule has 0 radical (unpaired) electrons. The van der Waals surface area contributed by atoms with Crippen molar-refractivity contribution in [1.82, 2.24) is 14.8 Å². The van der Waals surface area contributed by atoms with Crippen LogP contribution < -0.4 is 5.73 Å². The average Bonchev–Trinajstić information content (AvgIpc) is 3.01. The van der Waals surface area contributed by atoms with Gasteiger partial charge in [0, 0.05) is 12.5 Å². The van der Waals surface area contributed by atoms with Crippen molar-refractivity contribution in [1.29, 1.82) is 0 Å². The van der Waals surface area contributed by atoms with E-state index in [1.165, 1.54) is 31.5 Å². The molecular formula is C12H20N4. The molecule has 0 amide bonds.